The molecule has 0 radical (unpaired) electrons. The molecule has 0 atom stereocenters. The molecule has 1 N–H and O–H groups in total. The Morgan fingerprint density at radius 1 is 0.591 bits per heavy atom. The lowest BCUT2D eigenvalue weighted by molar-refractivity contribution is -0.143. The number of ketones is 1. The van der Waals surface area contributed by atoms with Gasteiger partial charge in [0.25, 0.3) is 0 Å². The molecule has 1 rings (SSSR count). The largest absolute Gasteiger partial charge is 0.466 e. The van der Waals surface area contributed by atoms with Crippen molar-refractivity contribution in [2.24, 2.45) is 11.8 Å². The number of ether oxygens (including phenoxy) is 1. The second-order valence-electron chi connectivity index (χ2n) is 14.1. The topological polar surface area (TPSA) is 66.8 Å². The number of Topliss-reactive ketones (excluding diaryl/α,β-unsaturated/α-hetero) is 1. The number of aliphatic hydroxyl groups excluding tert-OH is 1. The maximum absolute atomic E-state index is 12.5. The van der Waals surface area contributed by atoms with E-state index in [0.717, 1.165) is 76.9 Å². The maximum Gasteiger partial charge on any atom is 0.305 e. The summed E-state index contributed by atoms with van der Waals surface area (Å²) in [6, 6.07) is 0. The normalized spacial score (nSPS) is 16.9. The van der Waals surface area contributed by atoms with Gasteiger partial charge in [-0.2, -0.15) is 0 Å². The van der Waals surface area contributed by atoms with Gasteiger partial charge in [-0.15, -0.1) is 0 Å². The van der Waals surface area contributed by atoms with Gasteiger partial charge in [0.15, 0.2) is 0 Å². The molecule has 0 spiro atoms. The lowest BCUT2D eigenvalue weighted by Crippen LogP contribution is -2.29. The number of hydrogen-bond donors (Lipinski definition) is 1. The Morgan fingerprint density at radius 3 is 1.70 bits per heavy atom. The maximum atomic E-state index is 12.5. The van der Waals surface area contributed by atoms with Gasteiger partial charge in [-0.05, 0) is 69.9 Å². The van der Waals surface area contributed by atoms with E-state index >= 15 is 0 Å². The molecule has 1 saturated carbocycles. The van der Waals surface area contributed by atoms with E-state index < -0.39 is 0 Å². The first-order valence-electron chi connectivity index (χ1n) is 19.6. The van der Waals surface area contributed by atoms with Gasteiger partial charge in [-0.25, -0.2) is 0 Å². The number of unbranched alkanes of at least 4 members (excludes halogenated alkanes) is 16. The highest BCUT2D eigenvalue weighted by Crippen LogP contribution is 2.34. The summed E-state index contributed by atoms with van der Waals surface area (Å²) in [4.78, 5) is 26.8. The Labute approximate surface area is 274 Å². The highest BCUT2D eigenvalue weighted by molar-refractivity contribution is 5.78. The van der Waals surface area contributed by atoms with Gasteiger partial charge in [0.1, 0.15) is 5.78 Å². The molecule has 260 valence electrons. The third kappa shape index (κ3) is 25.3. The van der Waals surface area contributed by atoms with E-state index in [-0.39, 0.29) is 12.6 Å². The van der Waals surface area contributed by atoms with Gasteiger partial charge in [0.05, 0.1) is 13.2 Å². The molecule has 0 heterocycles. The average Bonchev–Trinajstić information content (AvgIpc) is 3.02. The van der Waals surface area contributed by atoms with Crippen molar-refractivity contribution in [2.45, 2.75) is 194 Å². The monoisotopic (exact) mass is 622 g/mol. The lowest BCUT2D eigenvalue weighted by atomic mass is 9.77. The number of carbonyl (C=O) groups is 2. The first kappa shape index (κ1) is 41.1. The lowest BCUT2D eigenvalue weighted by Gasteiger charge is -2.28. The number of aliphatic hydroxyl groups is 1. The highest BCUT2D eigenvalue weighted by atomic mass is 16.5. The fourth-order valence-electron chi connectivity index (χ4n) is 6.95. The second kappa shape index (κ2) is 30.7. The summed E-state index contributed by atoms with van der Waals surface area (Å²) in [5, 5.41) is 9.48. The summed E-state index contributed by atoms with van der Waals surface area (Å²) in [7, 11) is 0. The van der Waals surface area contributed by atoms with Crippen molar-refractivity contribution in [3.8, 4) is 0 Å². The Bertz CT molecular complexity index is 646. The van der Waals surface area contributed by atoms with Crippen LogP contribution < -0.4 is 0 Å². The predicted octanol–water partition coefficient (Wildman–Crippen LogP) is 10.6. The third-order valence-electron chi connectivity index (χ3n) is 9.91. The van der Waals surface area contributed by atoms with Crippen LogP contribution in [0, 0.1) is 11.8 Å². The van der Waals surface area contributed by atoms with Crippen LogP contribution in [0.4, 0.5) is 0 Å². The minimum Gasteiger partial charge on any atom is -0.466 e. The number of hydrogen-bond acceptors (Lipinski definition) is 5. The molecular weight excluding hydrogens is 546 g/mol. The predicted molar refractivity (Wildman–Crippen MR) is 187 cm³/mol. The Morgan fingerprint density at radius 2 is 1.09 bits per heavy atom. The van der Waals surface area contributed by atoms with Crippen molar-refractivity contribution >= 4 is 11.8 Å². The zero-order valence-electron chi connectivity index (χ0n) is 29.6. The Kier molecular flexibility index (Phi) is 28.7. The van der Waals surface area contributed by atoms with E-state index in [9.17, 15) is 14.7 Å². The van der Waals surface area contributed by atoms with Crippen molar-refractivity contribution in [3.05, 3.63) is 0 Å². The van der Waals surface area contributed by atoms with Gasteiger partial charge in [-0.3, -0.25) is 9.59 Å². The first-order chi connectivity index (χ1) is 21.6. The van der Waals surface area contributed by atoms with E-state index in [1.165, 1.54) is 122 Å². The fraction of sp³-hybridized carbons (Fsp3) is 0.949. The van der Waals surface area contributed by atoms with Crippen LogP contribution in [0.3, 0.4) is 0 Å². The second-order valence-corrected chi connectivity index (χ2v) is 14.1. The minimum atomic E-state index is -0.0257. The zero-order valence-corrected chi connectivity index (χ0v) is 29.6. The SMILES string of the molecule is CCCCCCCCCOC(=O)CCCCCCCN(CCO)CCCCCCCC(=O)CC1CCC(CCCCC)CC1. The van der Waals surface area contributed by atoms with Crippen LogP contribution in [0.15, 0.2) is 0 Å². The van der Waals surface area contributed by atoms with Gasteiger partial charge in [0.2, 0.25) is 0 Å². The summed E-state index contributed by atoms with van der Waals surface area (Å²) < 4.78 is 5.39. The molecule has 0 aromatic heterocycles. The van der Waals surface area contributed by atoms with Crippen LogP contribution in [0.5, 0.6) is 0 Å². The van der Waals surface area contributed by atoms with Gasteiger partial charge < -0.3 is 14.7 Å². The van der Waals surface area contributed by atoms with Gasteiger partial charge in [-0.1, -0.05) is 129 Å². The first-order valence-corrected chi connectivity index (χ1v) is 19.6. The van der Waals surface area contributed by atoms with Crippen LogP contribution >= 0.6 is 0 Å². The van der Waals surface area contributed by atoms with Gasteiger partial charge >= 0.3 is 5.97 Å². The summed E-state index contributed by atoms with van der Waals surface area (Å²) in [6.45, 7) is 8.21. The number of rotatable bonds is 32. The average molecular weight is 622 g/mol. The Hall–Kier alpha value is -0.940. The van der Waals surface area contributed by atoms with Crippen LogP contribution in [0.25, 0.3) is 0 Å². The Balaban J connectivity index is 1.93. The van der Waals surface area contributed by atoms with Crippen LogP contribution in [-0.4, -0.2) is 54.6 Å². The summed E-state index contributed by atoms with van der Waals surface area (Å²) in [5.41, 5.74) is 0. The molecule has 44 heavy (non-hydrogen) atoms. The third-order valence-corrected chi connectivity index (χ3v) is 9.91. The molecular formula is C39H75NO4. The van der Waals surface area contributed by atoms with E-state index in [1.54, 1.807) is 0 Å². The van der Waals surface area contributed by atoms with Crippen molar-refractivity contribution in [1.82, 2.24) is 4.90 Å². The van der Waals surface area contributed by atoms with Crippen LogP contribution in [-0.2, 0) is 14.3 Å². The molecule has 5 nitrogen and oxygen atoms in total. The molecule has 0 aliphatic heterocycles. The quantitative estimate of drug-likeness (QED) is 0.0598. The van der Waals surface area contributed by atoms with E-state index in [2.05, 4.69) is 18.7 Å². The van der Waals surface area contributed by atoms with Gasteiger partial charge in [0, 0.05) is 25.8 Å². The smallest absolute Gasteiger partial charge is 0.305 e. The van der Waals surface area contributed by atoms with E-state index in [0.29, 0.717) is 24.7 Å². The molecule has 0 saturated heterocycles. The molecule has 0 aromatic carbocycles. The number of carbonyl (C=O) groups excluding carboxylic acids is 2. The molecule has 0 bridgehead atoms. The fourth-order valence-corrected chi connectivity index (χ4v) is 6.95. The molecule has 1 aliphatic rings. The van der Waals surface area contributed by atoms with Crippen LogP contribution in [0.1, 0.15) is 194 Å². The molecule has 0 amide bonds. The molecule has 1 fully saturated rings. The zero-order chi connectivity index (χ0) is 31.9. The van der Waals surface area contributed by atoms with Crippen LogP contribution in [0.2, 0.25) is 0 Å². The number of esters is 1. The standard InChI is InChI=1S/C39H75NO4/c1-3-5-7-8-9-16-22-34-44-39(43)25-19-13-11-15-21-31-40(32-33-41)30-20-14-10-12-18-24-38(42)35-37-28-26-36(27-29-37)23-17-6-4-2/h36-37,41H,3-35H2,1-2H3. The molecule has 0 unspecified atom stereocenters. The summed E-state index contributed by atoms with van der Waals surface area (Å²) in [6.07, 6.45) is 33.0. The minimum absolute atomic E-state index is 0.0257. The van der Waals surface area contributed by atoms with Crippen molar-refractivity contribution in [3.63, 3.8) is 0 Å². The molecule has 1 aliphatic carbocycles. The van der Waals surface area contributed by atoms with E-state index in [1.807, 2.05) is 0 Å². The summed E-state index contributed by atoms with van der Waals surface area (Å²) >= 11 is 0. The molecule has 5 heteroatoms. The summed E-state index contributed by atoms with van der Waals surface area (Å²) in [5.74, 6) is 2.07. The highest BCUT2D eigenvalue weighted by Gasteiger charge is 2.22. The van der Waals surface area contributed by atoms with Crippen molar-refractivity contribution in [1.29, 1.82) is 0 Å². The van der Waals surface area contributed by atoms with E-state index in [4.69, 9.17) is 4.74 Å². The number of nitrogens with zero attached hydrogens (tertiary/aromatic N) is 1. The molecule has 0 aromatic rings. The van der Waals surface area contributed by atoms with Crippen molar-refractivity contribution < 1.29 is 19.4 Å². The van der Waals surface area contributed by atoms with Crippen molar-refractivity contribution in [2.75, 3.05) is 32.8 Å².